The van der Waals surface area contributed by atoms with Gasteiger partial charge in [0.1, 0.15) is 0 Å². The maximum atomic E-state index is 11.6. The van der Waals surface area contributed by atoms with Crippen molar-refractivity contribution in [2.24, 2.45) is 0 Å². The first kappa shape index (κ1) is 14.4. The number of benzene rings is 4. The molecule has 0 aromatic heterocycles. The van der Waals surface area contributed by atoms with E-state index in [1.54, 1.807) is 0 Å². The molecule has 0 spiro atoms. The van der Waals surface area contributed by atoms with Gasteiger partial charge < -0.3 is 0 Å². The molecule has 1 heteroatoms. The van der Waals surface area contributed by atoms with Crippen LogP contribution in [0.3, 0.4) is 0 Å². The van der Waals surface area contributed by atoms with Gasteiger partial charge in [0.15, 0.2) is 6.29 Å². The summed E-state index contributed by atoms with van der Waals surface area (Å²) in [6, 6.07) is 30.8. The minimum Gasteiger partial charge on any atom is -0.298 e. The Morgan fingerprint density at radius 2 is 1.33 bits per heavy atom. The van der Waals surface area contributed by atoms with Crippen molar-refractivity contribution < 1.29 is 4.79 Å². The molecular formula is C23H16O. The highest BCUT2D eigenvalue weighted by molar-refractivity contribution is 6.01. The van der Waals surface area contributed by atoms with Crippen LogP contribution in [0.5, 0.6) is 0 Å². The molecule has 0 saturated carbocycles. The van der Waals surface area contributed by atoms with Gasteiger partial charge in [-0.25, -0.2) is 0 Å². The highest BCUT2D eigenvalue weighted by Gasteiger charge is 2.10. The van der Waals surface area contributed by atoms with E-state index in [0.717, 1.165) is 33.9 Å². The van der Waals surface area contributed by atoms with Crippen LogP contribution in [0.1, 0.15) is 10.4 Å². The summed E-state index contributed by atoms with van der Waals surface area (Å²) in [5.41, 5.74) is 5.04. The summed E-state index contributed by atoms with van der Waals surface area (Å²) < 4.78 is 0. The fraction of sp³-hybridized carbons (Fsp3) is 0. The van der Waals surface area contributed by atoms with Crippen molar-refractivity contribution in [3.63, 3.8) is 0 Å². The molecule has 0 fully saturated rings. The van der Waals surface area contributed by atoms with Gasteiger partial charge in [0.2, 0.25) is 0 Å². The largest absolute Gasteiger partial charge is 0.298 e. The van der Waals surface area contributed by atoms with E-state index in [1.807, 2.05) is 48.5 Å². The van der Waals surface area contributed by atoms with Crippen LogP contribution in [0, 0.1) is 0 Å². The molecule has 4 aromatic carbocycles. The average Bonchev–Trinajstić information content (AvgIpc) is 2.68. The summed E-state index contributed by atoms with van der Waals surface area (Å²) in [5, 5.41) is 2.34. The maximum absolute atomic E-state index is 11.6. The minimum atomic E-state index is 0.714. The third-order valence-electron chi connectivity index (χ3n) is 4.37. The lowest BCUT2D eigenvalue weighted by Gasteiger charge is -2.11. The van der Waals surface area contributed by atoms with Crippen molar-refractivity contribution in [1.29, 1.82) is 0 Å². The lowest BCUT2D eigenvalue weighted by atomic mass is 9.92. The Kier molecular flexibility index (Phi) is 3.68. The lowest BCUT2D eigenvalue weighted by Crippen LogP contribution is -1.90. The van der Waals surface area contributed by atoms with Gasteiger partial charge >= 0.3 is 0 Å². The monoisotopic (exact) mass is 308 g/mol. The van der Waals surface area contributed by atoms with E-state index in [4.69, 9.17) is 0 Å². The zero-order chi connectivity index (χ0) is 16.4. The number of rotatable bonds is 3. The molecule has 0 aliphatic heterocycles. The molecule has 114 valence electrons. The van der Waals surface area contributed by atoms with Gasteiger partial charge in [-0.05, 0) is 39.1 Å². The Balaban J connectivity index is 1.98. The molecular weight excluding hydrogens is 292 g/mol. The fourth-order valence-corrected chi connectivity index (χ4v) is 3.16. The first-order chi connectivity index (χ1) is 11.9. The number of hydrogen-bond donors (Lipinski definition) is 0. The molecule has 4 aromatic rings. The van der Waals surface area contributed by atoms with Crippen LogP contribution < -0.4 is 0 Å². The Morgan fingerprint density at radius 1 is 0.583 bits per heavy atom. The average molecular weight is 308 g/mol. The molecule has 4 rings (SSSR count). The standard InChI is InChI=1S/C23H16O/c24-16-20-14-13-19(17-7-2-1-3-8-17)15-23(20)22-12-6-10-18-9-4-5-11-21(18)22/h1-16H. The summed E-state index contributed by atoms with van der Waals surface area (Å²) in [5.74, 6) is 0. The molecule has 0 heterocycles. The Bertz CT molecular complexity index is 1010. The predicted octanol–water partition coefficient (Wildman–Crippen LogP) is 5.99. The van der Waals surface area contributed by atoms with E-state index in [0.29, 0.717) is 5.56 Å². The van der Waals surface area contributed by atoms with Crippen molar-refractivity contribution in [2.45, 2.75) is 0 Å². The second-order valence-electron chi connectivity index (χ2n) is 5.81. The van der Waals surface area contributed by atoms with E-state index in [2.05, 4.69) is 42.5 Å². The summed E-state index contributed by atoms with van der Waals surface area (Å²) in [6.45, 7) is 0. The number of fused-ring (bicyclic) bond motifs is 1. The summed E-state index contributed by atoms with van der Waals surface area (Å²) >= 11 is 0. The van der Waals surface area contributed by atoms with Crippen molar-refractivity contribution in [1.82, 2.24) is 0 Å². The molecule has 0 aliphatic carbocycles. The van der Waals surface area contributed by atoms with Gasteiger partial charge in [-0.1, -0.05) is 84.9 Å². The number of carbonyl (C=O) groups is 1. The molecule has 0 radical (unpaired) electrons. The van der Waals surface area contributed by atoms with Gasteiger partial charge in [-0.15, -0.1) is 0 Å². The second-order valence-corrected chi connectivity index (χ2v) is 5.81. The Hall–Kier alpha value is -3.19. The van der Waals surface area contributed by atoms with Gasteiger partial charge in [0, 0.05) is 5.56 Å². The minimum absolute atomic E-state index is 0.714. The van der Waals surface area contributed by atoms with E-state index < -0.39 is 0 Å². The quantitative estimate of drug-likeness (QED) is 0.425. The maximum Gasteiger partial charge on any atom is 0.150 e. The summed E-state index contributed by atoms with van der Waals surface area (Å²) in [4.78, 5) is 11.6. The van der Waals surface area contributed by atoms with E-state index in [-0.39, 0.29) is 0 Å². The molecule has 0 bridgehead atoms. The topological polar surface area (TPSA) is 17.1 Å². The van der Waals surface area contributed by atoms with E-state index in [9.17, 15) is 4.79 Å². The van der Waals surface area contributed by atoms with Crippen molar-refractivity contribution >= 4 is 17.1 Å². The van der Waals surface area contributed by atoms with Gasteiger partial charge in [0.25, 0.3) is 0 Å². The van der Waals surface area contributed by atoms with Crippen LogP contribution in [-0.4, -0.2) is 6.29 Å². The van der Waals surface area contributed by atoms with Crippen LogP contribution in [-0.2, 0) is 0 Å². The van der Waals surface area contributed by atoms with Crippen LogP contribution in [0.15, 0.2) is 91.0 Å². The number of hydrogen-bond acceptors (Lipinski definition) is 1. The zero-order valence-corrected chi connectivity index (χ0v) is 13.1. The number of carbonyl (C=O) groups excluding carboxylic acids is 1. The normalized spacial score (nSPS) is 10.7. The van der Waals surface area contributed by atoms with Crippen molar-refractivity contribution in [2.75, 3.05) is 0 Å². The predicted molar refractivity (Wildman–Crippen MR) is 100 cm³/mol. The van der Waals surface area contributed by atoms with E-state index >= 15 is 0 Å². The Morgan fingerprint density at radius 3 is 2.17 bits per heavy atom. The Labute approximate surface area is 141 Å². The SMILES string of the molecule is O=Cc1ccc(-c2ccccc2)cc1-c1cccc2ccccc12. The van der Waals surface area contributed by atoms with Crippen LogP contribution in [0.25, 0.3) is 33.0 Å². The third-order valence-corrected chi connectivity index (χ3v) is 4.37. The first-order valence-corrected chi connectivity index (χ1v) is 7.99. The molecule has 0 amide bonds. The highest BCUT2D eigenvalue weighted by atomic mass is 16.1. The fourth-order valence-electron chi connectivity index (χ4n) is 3.16. The molecule has 0 atom stereocenters. The van der Waals surface area contributed by atoms with Crippen LogP contribution in [0.2, 0.25) is 0 Å². The summed E-state index contributed by atoms with van der Waals surface area (Å²) in [6.07, 6.45) is 0.936. The lowest BCUT2D eigenvalue weighted by molar-refractivity contribution is 0.112. The van der Waals surface area contributed by atoms with Crippen LogP contribution in [0.4, 0.5) is 0 Å². The zero-order valence-electron chi connectivity index (χ0n) is 13.1. The van der Waals surface area contributed by atoms with Gasteiger partial charge in [-0.2, -0.15) is 0 Å². The highest BCUT2D eigenvalue weighted by Crippen LogP contribution is 2.33. The molecule has 0 aliphatic rings. The molecule has 0 unspecified atom stereocenters. The molecule has 0 saturated heterocycles. The second kappa shape index (κ2) is 6.13. The first-order valence-electron chi connectivity index (χ1n) is 7.99. The van der Waals surface area contributed by atoms with Crippen molar-refractivity contribution in [3.05, 3.63) is 96.6 Å². The molecule has 0 N–H and O–H groups in total. The van der Waals surface area contributed by atoms with Crippen LogP contribution >= 0.6 is 0 Å². The smallest absolute Gasteiger partial charge is 0.150 e. The van der Waals surface area contributed by atoms with Crippen molar-refractivity contribution in [3.8, 4) is 22.3 Å². The summed E-state index contributed by atoms with van der Waals surface area (Å²) in [7, 11) is 0. The molecule has 1 nitrogen and oxygen atoms in total. The van der Waals surface area contributed by atoms with Gasteiger partial charge in [-0.3, -0.25) is 4.79 Å². The number of aldehydes is 1. The third kappa shape index (κ3) is 2.50. The van der Waals surface area contributed by atoms with E-state index in [1.165, 1.54) is 5.39 Å². The molecule has 24 heavy (non-hydrogen) atoms. The van der Waals surface area contributed by atoms with Gasteiger partial charge in [0.05, 0.1) is 0 Å².